The second kappa shape index (κ2) is 5.85. The molecule has 1 aliphatic heterocycles. The van der Waals surface area contributed by atoms with E-state index in [4.69, 9.17) is 9.47 Å². The molecule has 15 heavy (non-hydrogen) atoms. The van der Waals surface area contributed by atoms with Crippen molar-refractivity contribution in [3.63, 3.8) is 0 Å². The van der Waals surface area contributed by atoms with Crippen LogP contribution >= 0.6 is 0 Å². The van der Waals surface area contributed by atoms with Gasteiger partial charge in [-0.15, -0.1) is 0 Å². The van der Waals surface area contributed by atoms with E-state index < -0.39 is 0 Å². The lowest BCUT2D eigenvalue weighted by atomic mass is 10.1. The van der Waals surface area contributed by atoms with Crippen LogP contribution in [0.5, 0.6) is 0 Å². The maximum atomic E-state index is 11.3. The number of carbonyl (C=O) groups is 2. The fourth-order valence-corrected chi connectivity index (χ4v) is 1.73. The minimum Gasteiger partial charge on any atom is -0.466 e. The highest BCUT2D eigenvalue weighted by atomic mass is 16.5. The van der Waals surface area contributed by atoms with E-state index in [0.717, 1.165) is 19.3 Å². The third-order valence-corrected chi connectivity index (χ3v) is 2.49. The predicted octanol–water partition coefficient (Wildman–Crippen LogP) is 1.47. The first-order valence-corrected chi connectivity index (χ1v) is 5.45. The Balaban J connectivity index is 2.13. The Morgan fingerprint density at radius 2 is 2.33 bits per heavy atom. The first kappa shape index (κ1) is 12.2. The van der Waals surface area contributed by atoms with E-state index in [2.05, 4.69) is 0 Å². The van der Waals surface area contributed by atoms with Crippen LogP contribution in [0.1, 0.15) is 39.5 Å². The molecule has 0 amide bonds. The van der Waals surface area contributed by atoms with Crippen LogP contribution in [-0.2, 0) is 19.1 Å². The maximum absolute atomic E-state index is 11.3. The van der Waals surface area contributed by atoms with Gasteiger partial charge in [0.1, 0.15) is 6.10 Å². The van der Waals surface area contributed by atoms with E-state index in [9.17, 15) is 9.59 Å². The molecule has 0 N–H and O–H groups in total. The lowest BCUT2D eigenvalue weighted by Gasteiger charge is -2.10. The topological polar surface area (TPSA) is 52.6 Å². The van der Waals surface area contributed by atoms with Crippen molar-refractivity contribution in [1.29, 1.82) is 0 Å². The third kappa shape index (κ3) is 4.00. The molecule has 1 rings (SSSR count). The van der Waals surface area contributed by atoms with Gasteiger partial charge in [-0.3, -0.25) is 9.59 Å². The number of Topliss-reactive ketones (excluding diaryl/α,β-unsaturated/α-hetero) is 1. The zero-order valence-corrected chi connectivity index (χ0v) is 9.32. The summed E-state index contributed by atoms with van der Waals surface area (Å²) in [6.45, 7) is 3.76. The van der Waals surface area contributed by atoms with Crippen LogP contribution in [-0.4, -0.2) is 30.6 Å². The molecule has 0 saturated carbocycles. The number of rotatable bonds is 5. The van der Waals surface area contributed by atoms with Gasteiger partial charge in [0.2, 0.25) is 0 Å². The third-order valence-electron chi connectivity index (χ3n) is 2.49. The standard InChI is InChI=1S/C11H18O4/c1-3-11-10(13)7-9(15-11)5-4-6-14-8(2)12/h9,11H,3-7H2,1-2H3/t9-,11+/m1/s1. The fourth-order valence-electron chi connectivity index (χ4n) is 1.73. The summed E-state index contributed by atoms with van der Waals surface area (Å²) < 4.78 is 10.3. The van der Waals surface area contributed by atoms with Crippen molar-refractivity contribution in [2.75, 3.05) is 6.61 Å². The molecule has 4 heteroatoms. The second-order valence-electron chi connectivity index (χ2n) is 3.81. The van der Waals surface area contributed by atoms with Gasteiger partial charge < -0.3 is 9.47 Å². The highest BCUT2D eigenvalue weighted by Crippen LogP contribution is 2.21. The van der Waals surface area contributed by atoms with Crippen LogP contribution in [0.15, 0.2) is 0 Å². The number of esters is 1. The number of ketones is 1. The first-order valence-electron chi connectivity index (χ1n) is 5.45. The van der Waals surface area contributed by atoms with Crippen LogP contribution in [0.4, 0.5) is 0 Å². The fraction of sp³-hybridized carbons (Fsp3) is 0.818. The summed E-state index contributed by atoms with van der Waals surface area (Å²) in [5, 5.41) is 0. The Kier molecular flexibility index (Phi) is 4.75. The molecule has 0 bridgehead atoms. The van der Waals surface area contributed by atoms with Crippen molar-refractivity contribution >= 4 is 11.8 Å². The minimum atomic E-state index is -0.259. The molecule has 0 radical (unpaired) electrons. The van der Waals surface area contributed by atoms with Crippen LogP contribution in [0.2, 0.25) is 0 Å². The van der Waals surface area contributed by atoms with Gasteiger partial charge in [0, 0.05) is 13.3 Å². The Hall–Kier alpha value is -0.900. The van der Waals surface area contributed by atoms with Crippen molar-refractivity contribution in [3.05, 3.63) is 0 Å². The summed E-state index contributed by atoms with van der Waals surface area (Å²) in [5.74, 6) is -0.0557. The van der Waals surface area contributed by atoms with E-state index in [0.29, 0.717) is 13.0 Å². The first-order chi connectivity index (χ1) is 7.13. The summed E-state index contributed by atoms with van der Waals surface area (Å²) in [7, 11) is 0. The van der Waals surface area contributed by atoms with Gasteiger partial charge in [-0.05, 0) is 19.3 Å². The highest BCUT2D eigenvalue weighted by Gasteiger charge is 2.31. The zero-order chi connectivity index (χ0) is 11.3. The Labute approximate surface area is 89.9 Å². The largest absolute Gasteiger partial charge is 0.466 e. The van der Waals surface area contributed by atoms with E-state index in [-0.39, 0.29) is 24.0 Å². The molecule has 1 aliphatic rings. The number of carbonyl (C=O) groups excluding carboxylic acids is 2. The predicted molar refractivity (Wildman–Crippen MR) is 54.4 cm³/mol. The molecule has 0 aromatic rings. The van der Waals surface area contributed by atoms with E-state index >= 15 is 0 Å². The van der Waals surface area contributed by atoms with Gasteiger partial charge in [0.15, 0.2) is 5.78 Å². The van der Waals surface area contributed by atoms with Gasteiger partial charge >= 0.3 is 5.97 Å². The van der Waals surface area contributed by atoms with E-state index in [1.807, 2.05) is 6.92 Å². The second-order valence-corrected chi connectivity index (χ2v) is 3.81. The summed E-state index contributed by atoms with van der Waals surface area (Å²) in [6.07, 6.45) is 2.63. The van der Waals surface area contributed by atoms with Gasteiger partial charge in [0.25, 0.3) is 0 Å². The van der Waals surface area contributed by atoms with Crippen molar-refractivity contribution in [2.24, 2.45) is 0 Å². The molecular formula is C11H18O4. The number of ether oxygens (including phenoxy) is 2. The summed E-state index contributed by atoms with van der Waals surface area (Å²) >= 11 is 0. The molecule has 1 saturated heterocycles. The molecule has 0 spiro atoms. The van der Waals surface area contributed by atoms with Crippen LogP contribution < -0.4 is 0 Å². The van der Waals surface area contributed by atoms with Crippen molar-refractivity contribution in [3.8, 4) is 0 Å². The van der Waals surface area contributed by atoms with Crippen molar-refractivity contribution < 1.29 is 19.1 Å². The summed E-state index contributed by atoms with van der Waals surface area (Å²) in [6, 6.07) is 0. The Bertz CT molecular complexity index is 237. The molecule has 4 nitrogen and oxygen atoms in total. The molecule has 0 unspecified atom stereocenters. The molecule has 0 aromatic carbocycles. The van der Waals surface area contributed by atoms with Crippen molar-refractivity contribution in [2.45, 2.75) is 51.7 Å². The normalized spacial score (nSPS) is 25.6. The average molecular weight is 214 g/mol. The molecular weight excluding hydrogens is 196 g/mol. The lowest BCUT2D eigenvalue weighted by molar-refractivity contribution is -0.141. The smallest absolute Gasteiger partial charge is 0.302 e. The quantitative estimate of drug-likeness (QED) is 0.513. The Morgan fingerprint density at radius 1 is 1.60 bits per heavy atom. The van der Waals surface area contributed by atoms with Gasteiger partial charge in [-0.1, -0.05) is 6.92 Å². The van der Waals surface area contributed by atoms with Crippen LogP contribution in [0.3, 0.4) is 0 Å². The monoisotopic (exact) mass is 214 g/mol. The van der Waals surface area contributed by atoms with E-state index in [1.54, 1.807) is 0 Å². The minimum absolute atomic E-state index is 0.0259. The SMILES string of the molecule is CC[C@@H]1O[C@H](CCCOC(C)=O)CC1=O. The van der Waals surface area contributed by atoms with Gasteiger partial charge in [-0.2, -0.15) is 0 Å². The molecule has 0 aromatic heterocycles. The average Bonchev–Trinajstić information content (AvgIpc) is 2.53. The van der Waals surface area contributed by atoms with Crippen LogP contribution in [0, 0.1) is 0 Å². The summed E-state index contributed by atoms with van der Waals surface area (Å²) in [4.78, 5) is 21.8. The molecule has 2 atom stereocenters. The van der Waals surface area contributed by atoms with Crippen molar-refractivity contribution in [1.82, 2.24) is 0 Å². The molecule has 1 heterocycles. The molecule has 1 fully saturated rings. The number of hydrogen-bond acceptors (Lipinski definition) is 4. The van der Waals surface area contributed by atoms with Gasteiger partial charge in [0.05, 0.1) is 12.7 Å². The lowest BCUT2D eigenvalue weighted by Crippen LogP contribution is -2.14. The molecule has 0 aliphatic carbocycles. The van der Waals surface area contributed by atoms with E-state index in [1.165, 1.54) is 6.92 Å². The summed E-state index contributed by atoms with van der Waals surface area (Å²) in [5.41, 5.74) is 0. The zero-order valence-electron chi connectivity index (χ0n) is 9.32. The highest BCUT2D eigenvalue weighted by molar-refractivity contribution is 5.85. The Morgan fingerprint density at radius 3 is 2.87 bits per heavy atom. The number of hydrogen-bond donors (Lipinski definition) is 0. The van der Waals surface area contributed by atoms with Gasteiger partial charge in [-0.25, -0.2) is 0 Å². The molecule has 86 valence electrons. The maximum Gasteiger partial charge on any atom is 0.302 e. The van der Waals surface area contributed by atoms with Crippen LogP contribution in [0.25, 0.3) is 0 Å².